The van der Waals surface area contributed by atoms with Gasteiger partial charge in [0.25, 0.3) is 0 Å². The predicted molar refractivity (Wildman–Crippen MR) is 143 cm³/mol. The van der Waals surface area contributed by atoms with E-state index in [4.69, 9.17) is 9.47 Å². The number of ether oxygens (including phenoxy) is 2. The van der Waals surface area contributed by atoms with Gasteiger partial charge in [0, 0.05) is 34.2 Å². The van der Waals surface area contributed by atoms with E-state index in [0.717, 1.165) is 59.2 Å². The van der Waals surface area contributed by atoms with Gasteiger partial charge >= 0.3 is 12.4 Å². The molecule has 0 unspecified atom stereocenters. The number of alkyl halides is 6. The third kappa shape index (κ3) is 6.12. The molecule has 5 atom stereocenters. The highest BCUT2D eigenvalue weighted by Gasteiger charge is 2.48. The van der Waals surface area contributed by atoms with Crippen molar-refractivity contribution in [3.8, 4) is 0 Å². The predicted octanol–water partition coefficient (Wildman–Crippen LogP) is 8.47. The Labute approximate surface area is 237 Å². The van der Waals surface area contributed by atoms with Crippen molar-refractivity contribution < 1.29 is 35.8 Å². The largest absolute Gasteiger partial charge is 0.416 e. The van der Waals surface area contributed by atoms with Crippen LogP contribution in [0.5, 0.6) is 0 Å². The number of nitrogens with zero attached hydrogens (tertiary/aromatic N) is 1. The normalized spacial score (nSPS) is 26.5. The minimum Gasteiger partial charge on any atom is -0.374 e. The van der Waals surface area contributed by atoms with Gasteiger partial charge < -0.3 is 14.4 Å². The maximum Gasteiger partial charge on any atom is 0.416 e. The number of allylic oxidation sites excluding steroid dienone is 2. The van der Waals surface area contributed by atoms with Crippen LogP contribution in [0.4, 0.5) is 26.3 Å². The first-order chi connectivity index (χ1) is 18.3. The minimum absolute atomic E-state index is 0.140. The molecule has 39 heavy (non-hydrogen) atoms. The monoisotopic (exact) mass is 665 g/mol. The fourth-order valence-electron chi connectivity index (χ4n) is 6.14. The number of rotatable bonds is 5. The SMILES string of the molecule is Cc1ccc(I)cc1[C@@H]1[C@@H](O[C@H](C)c2cc(C(F)(F)F)cc(C(F)(F)F)c2)OC[C@@H]2CN(C3=CCCC3)C[C@H]21. The lowest BCUT2D eigenvalue weighted by molar-refractivity contribution is -0.217. The fourth-order valence-corrected chi connectivity index (χ4v) is 6.66. The number of fused-ring (bicyclic) bond motifs is 1. The summed E-state index contributed by atoms with van der Waals surface area (Å²) in [5.41, 5.74) is 0.531. The van der Waals surface area contributed by atoms with Crippen molar-refractivity contribution in [2.75, 3.05) is 19.7 Å². The number of halogens is 7. The van der Waals surface area contributed by atoms with E-state index in [2.05, 4.69) is 39.6 Å². The molecule has 3 aliphatic rings. The number of hydrogen-bond acceptors (Lipinski definition) is 3. The van der Waals surface area contributed by atoms with Crippen molar-refractivity contribution in [3.05, 3.63) is 79.6 Å². The topological polar surface area (TPSA) is 21.7 Å². The molecule has 2 aromatic carbocycles. The molecule has 0 radical (unpaired) electrons. The molecule has 3 nitrogen and oxygen atoms in total. The maximum atomic E-state index is 13.5. The first kappa shape index (κ1) is 28.7. The Hall–Kier alpha value is -1.79. The smallest absolute Gasteiger partial charge is 0.374 e. The summed E-state index contributed by atoms with van der Waals surface area (Å²) in [7, 11) is 0. The molecule has 0 saturated carbocycles. The van der Waals surface area contributed by atoms with Crippen molar-refractivity contribution >= 4 is 22.6 Å². The summed E-state index contributed by atoms with van der Waals surface area (Å²) in [5.74, 6) is 0.191. The summed E-state index contributed by atoms with van der Waals surface area (Å²) in [6.07, 6.45) is -6.20. The number of likely N-dealkylation sites (tertiary alicyclic amines) is 1. The van der Waals surface area contributed by atoms with Crippen molar-refractivity contribution in [3.63, 3.8) is 0 Å². The van der Waals surface area contributed by atoms with E-state index in [-0.39, 0.29) is 29.4 Å². The summed E-state index contributed by atoms with van der Waals surface area (Å²) in [5, 5.41) is 0. The van der Waals surface area contributed by atoms with E-state index in [0.29, 0.717) is 6.61 Å². The molecule has 2 saturated heterocycles. The van der Waals surface area contributed by atoms with Crippen LogP contribution in [-0.2, 0) is 21.8 Å². The molecule has 10 heteroatoms. The summed E-state index contributed by atoms with van der Waals surface area (Å²) >= 11 is 2.24. The Morgan fingerprint density at radius 2 is 1.69 bits per heavy atom. The third-order valence-corrected chi connectivity index (χ3v) is 8.83. The van der Waals surface area contributed by atoms with E-state index in [1.165, 1.54) is 12.6 Å². The van der Waals surface area contributed by atoms with Crippen LogP contribution in [0, 0.1) is 22.3 Å². The molecule has 0 spiro atoms. The highest BCUT2D eigenvalue weighted by molar-refractivity contribution is 14.1. The zero-order chi connectivity index (χ0) is 28.1. The fraction of sp³-hybridized carbons (Fsp3) is 0.517. The second kappa shape index (κ2) is 10.9. The molecule has 0 bridgehead atoms. The van der Waals surface area contributed by atoms with Crippen LogP contribution in [0.3, 0.4) is 0 Å². The molecule has 2 heterocycles. The number of hydrogen-bond donors (Lipinski definition) is 0. The number of aryl methyl sites for hydroxylation is 1. The van der Waals surface area contributed by atoms with Gasteiger partial charge in [0.2, 0.25) is 0 Å². The van der Waals surface area contributed by atoms with Gasteiger partial charge in [-0.3, -0.25) is 0 Å². The van der Waals surface area contributed by atoms with Gasteiger partial charge in [-0.15, -0.1) is 0 Å². The average Bonchev–Trinajstić information content (AvgIpc) is 3.54. The van der Waals surface area contributed by atoms with Crippen molar-refractivity contribution in [1.29, 1.82) is 0 Å². The van der Waals surface area contributed by atoms with Crippen LogP contribution in [0.15, 0.2) is 48.2 Å². The van der Waals surface area contributed by atoms with Crippen LogP contribution in [0.1, 0.15) is 66.0 Å². The van der Waals surface area contributed by atoms with Crippen LogP contribution in [0.2, 0.25) is 0 Å². The van der Waals surface area contributed by atoms with E-state index in [9.17, 15) is 26.3 Å². The molecule has 212 valence electrons. The second-order valence-electron chi connectivity index (χ2n) is 10.8. The molecule has 0 aromatic heterocycles. The minimum atomic E-state index is -4.92. The standard InChI is InChI=1S/C29H30F6INO2/c1-16-7-8-22(36)12-24(16)26-25-14-37(23-5-3-4-6-23)13-19(25)15-38-27(26)39-17(2)18-9-20(28(30,31)32)11-21(10-18)29(33,34)35/h5,7-12,17,19,25-27H,3-4,6,13-15H2,1-2H3/t17-,19+,25-,26+,27-/m1/s1. The molecule has 0 amide bonds. The van der Waals surface area contributed by atoms with Crippen LogP contribution in [-0.4, -0.2) is 30.9 Å². The van der Waals surface area contributed by atoms with Gasteiger partial charge in [-0.1, -0.05) is 12.1 Å². The molecular formula is C29H30F6INO2. The van der Waals surface area contributed by atoms with Crippen molar-refractivity contribution in [1.82, 2.24) is 4.90 Å². The zero-order valence-corrected chi connectivity index (χ0v) is 23.7. The maximum absolute atomic E-state index is 13.5. The first-order valence-electron chi connectivity index (χ1n) is 13.1. The Morgan fingerprint density at radius 3 is 2.31 bits per heavy atom. The van der Waals surface area contributed by atoms with Gasteiger partial charge in [0.05, 0.1) is 23.8 Å². The summed E-state index contributed by atoms with van der Waals surface area (Å²) in [4.78, 5) is 2.41. The van der Waals surface area contributed by atoms with Gasteiger partial charge in [0.15, 0.2) is 6.29 Å². The van der Waals surface area contributed by atoms with Crippen LogP contribution >= 0.6 is 22.6 Å². The lowest BCUT2D eigenvalue weighted by Crippen LogP contribution is -2.42. The van der Waals surface area contributed by atoms with Crippen molar-refractivity contribution in [2.45, 2.75) is 63.8 Å². The molecule has 1 aliphatic carbocycles. The van der Waals surface area contributed by atoms with Crippen LogP contribution < -0.4 is 0 Å². The quantitative estimate of drug-likeness (QED) is 0.236. The van der Waals surface area contributed by atoms with Crippen molar-refractivity contribution in [2.24, 2.45) is 11.8 Å². The highest BCUT2D eigenvalue weighted by atomic mass is 127. The summed E-state index contributed by atoms with van der Waals surface area (Å²) < 4.78 is 94.5. The molecule has 0 N–H and O–H groups in total. The van der Waals surface area contributed by atoms with Gasteiger partial charge in [-0.2, -0.15) is 26.3 Å². The molecule has 2 aliphatic heterocycles. The molecular weight excluding hydrogens is 635 g/mol. The van der Waals surface area contributed by atoms with Gasteiger partial charge in [-0.25, -0.2) is 0 Å². The highest BCUT2D eigenvalue weighted by Crippen LogP contribution is 2.47. The van der Waals surface area contributed by atoms with E-state index >= 15 is 0 Å². The second-order valence-corrected chi connectivity index (χ2v) is 12.0. The Kier molecular flexibility index (Phi) is 8.02. The summed E-state index contributed by atoms with van der Waals surface area (Å²) in [6, 6.07) is 7.72. The third-order valence-electron chi connectivity index (χ3n) is 8.16. The van der Waals surface area contributed by atoms with Gasteiger partial charge in [0.1, 0.15) is 0 Å². The molecule has 5 rings (SSSR count). The lowest BCUT2D eigenvalue weighted by Gasteiger charge is -2.41. The van der Waals surface area contributed by atoms with Gasteiger partial charge in [-0.05, 0) is 109 Å². The lowest BCUT2D eigenvalue weighted by atomic mass is 9.76. The average molecular weight is 665 g/mol. The Balaban J connectivity index is 1.48. The summed E-state index contributed by atoms with van der Waals surface area (Å²) in [6.45, 7) is 5.58. The molecule has 2 fully saturated rings. The van der Waals surface area contributed by atoms with E-state index in [1.54, 1.807) is 0 Å². The van der Waals surface area contributed by atoms with E-state index < -0.39 is 35.9 Å². The Bertz CT molecular complexity index is 1210. The zero-order valence-electron chi connectivity index (χ0n) is 21.6. The van der Waals surface area contributed by atoms with Crippen LogP contribution in [0.25, 0.3) is 0 Å². The number of benzene rings is 2. The first-order valence-corrected chi connectivity index (χ1v) is 14.2. The Morgan fingerprint density at radius 1 is 1.00 bits per heavy atom. The molecule has 2 aromatic rings. The van der Waals surface area contributed by atoms with E-state index in [1.807, 2.05) is 19.1 Å².